The van der Waals surface area contributed by atoms with E-state index in [1.165, 1.54) is 0 Å². The Kier molecular flexibility index (Phi) is 8.40. The van der Waals surface area contributed by atoms with Crippen molar-refractivity contribution in [3.8, 4) is 5.75 Å². The maximum Gasteiger partial charge on any atom is 0.393 e. The van der Waals surface area contributed by atoms with Gasteiger partial charge in [-0.2, -0.15) is 70.2 Å². The van der Waals surface area contributed by atoms with E-state index in [0.29, 0.717) is 24.6 Å². The largest absolute Gasteiger partial charge is 0.494 e. The normalized spacial score (nSPS) is 14.7. The van der Waals surface area contributed by atoms with Gasteiger partial charge in [-0.1, -0.05) is 0 Å². The Hall–Kier alpha value is -2.94. The topological polar surface area (TPSA) is 81.5 Å². The highest BCUT2D eigenvalue weighted by molar-refractivity contribution is 6.22. The number of methoxy groups -OCH3 is 1. The number of carbonyl (C=O) groups is 1. The number of hydrogen-bond donors (Lipinski definition) is 1. The number of alkyl halides is 17. The monoisotopic (exact) mass is 630 g/mol. The van der Waals surface area contributed by atoms with E-state index in [9.17, 15) is 85.2 Å². The molecule has 0 atom stereocenters. The lowest BCUT2D eigenvalue weighted by molar-refractivity contribution is -0.445. The summed E-state index contributed by atoms with van der Waals surface area (Å²) >= 11 is 3.41. The van der Waals surface area contributed by atoms with Crippen molar-refractivity contribution in [2.75, 3.05) is 12.4 Å². The molecule has 0 radical (unpaired) electrons. The highest BCUT2D eigenvalue weighted by Gasteiger charge is 2.95. The van der Waals surface area contributed by atoms with Gasteiger partial charge in [0.1, 0.15) is 5.75 Å². The summed E-state index contributed by atoms with van der Waals surface area (Å²) in [5.41, 5.74) is -2.21. The fraction of sp³-hybridized carbons (Fsp3) is 0.562. The lowest BCUT2D eigenvalue weighted by Crippen LogP contribution is -2.75. The molecule has 1 amide bonds. The molecule has 1 aromatic rings. The van der Waals surface area contributed by atoms with E-state index in [1.54, 1.807) is 0 Å². The van der Waals surface area contributed by atoms with Crippen LogP contribution in [0, 0.1) is 10.1 Å². The van der Waals surface area contributed by atoms with Crippen molar-refractivity contribution in [3.63, 3.8) is 0 Å². The summed E-state index contributed by atoms with van der Waals surface area (Å²) in [6.45, 7) is 0. The van der Waals surface area contributed by atoms with Gasteiger partial charge in [-0.05, 0) is 17.7 Å². The Bertz CT molecular complexity index is 1120. The van der Waals surface area contributed by atoms with E-state index >= 15 is 0 Å². The molecule has 0 heterocycles. The summed E-state index contributed by atoms with van der Waals surface area (Å²) in [4.78, 5) is 21.1. The minimum Gasteiger partial charge on any atom is -0.494 e. The number of nitro benzene ring substituents is 1. The van der Waals surface area contributed by atoms with Crippen molar-refractivity contribution < 1.29 is 84.7 Å². The van der Waals surface area contributed by atoms with Gasteiger partial charge in [0.15, 0.2) is 0 Å². The minimum atomic E-state index is -8.73. The highest BCUT2D eigenvalue weighted by Crippen LogP contribution is 2.64. The van der Waals surface area contributed by atoms with Gasteiger partial charge in [-0.3, -0.25) is 14.9 Å². The number of benzene rings is 1. The molecule has 0 spiro atoms. The number of halogens is 17. The number of carbonyl (C=O) groups excluding carboxylic acids is 1. The molecule has 224 valence electrons. The molecule has 0 fully saturated rings. The molecule has 0 unspecified atom stereocenters. The van der Waals surface area contributed by atoms with E-state index in [2.05, 4.69) is 16.3 Å². The molecule has 0 aromatic heterocycles. The Balaban J connectivity index is 3.61. The van der Waals surface area contributed by atoms with E-state index in [1.807, 2.05) is 0 Å². The molecule has 0 aliphatic rings. The summed E-state index contributed by atoms with van der Waals surface area (Å²) in [6, 6.07) is 0.899. The zero-order valence-corrected chi connectivity index (χ0v) is 18.5. The number of nitrogens with zero attached hydrogens (tertiary/aromatic N) is 1. The van der Waals surface area contributed by atoms with Crippen LogP contribution in [-0.2, 0) is 4.79 Å². The van der Waals surface area contributed by atoms with E-state index in [4.69, 9.17) is 0 Å². The lowest BCUT2D eigenvalue weighted by atomic mass is 9.89. The number of ether oxygens (including phenoxy) is 1. The lowest BCUT2D eigenvalue weighted by Gasteiger charge is -2.42. The first-order valence-electron chi connectivity index (χ1n) is 8.86. The molecular formula is C16H7ClF16N2O4. The van der Waals surface area contributed by atoms with Gasteiger partial charge in [-0.15, -0.1) is 0 Å². The predicted octanol–water partition coefficient (Wildman–Crippen LogP) is 6.82. The fourth-order valence-electron chi connectivity index (χ4n) is 2.40. The van der Waals surface area contributed by atoms with Crippen LogP contribution in [0.2, 0.25) is 0 Å². The molecule has 0 aliphatic heterocycles. The van der Waals surface area contributed by atoms with Gasteiger partial charge >= 0.3 is 52.7 Å². The summed E-state index contributed by atoms with van der Waals surface area (Å²) in [5, 5.41) is 4.37. The fourth-order valence-corrected chi connectivity index (χ4v) is 2.52. The molecule has 23 heteroatoms. The SMILES string of the molecule is COc1cc([N+](=O)[O-])ccc1NC(=O)C(F)(F)C(F)(F)C(F)(F)C(F)(F)C(F)(F)C(F)(F)C(F)(F)C(F)(F)Cl. The van der Waals surface area contributed by atoms with E-state index < -0.39 is 74.8 Å². The van der Waals surface area contributed by atoms with Crippen LogP contribution in [0.15, 0.2) is 18.2 Å². The number of nitro groups is 1. The van der Waals surface area contributed by atoms with Crippen molar-refractivity contribution in [2.24, 2.45) is 0 Å². The molecular weight excluding hydrogens is 624 g/mol. The smallest absolute Gasteiger partial charge is 0.393 e. The van der Waals surface area contributed by atoms with Crippen LogP contribution in [0.5, 0.6) is 5.75 Å². The quantitative estimate of drug-likeness (QED) is 0.126. The molecule has 6 nitrogen and oxygen atoms in total. The number of non-ortho nitro benzene ring substituents is 1. The average molecular weight is 631 g/mol. The van der Waals surface area contributed by atoms with Crippen molar-refractivity contribution in [2.45, 2.75) is 46.8 Å². The van der Waals surface area contributed by atoms with Gasteiger partial charge in [0.25, 0.3) is 5.69 Å². The van der Waals surface area contributed by atoms with Crippen LogP contribution in [-0.4, -0.2) is 64.8 Å². The molecule has 0 aliphatic carbocycles. The minimum absolute atomic E-state index is 0.235. The molecule has 0 bridgehead atoms. The van der Waals surface area contributed by atoms with E-state index in [0.717, 1.165) is 0 Å². The van der Waals surface area contributed by atoms with Crippen LogP contribution in [0.4, 0.5) is 81.6 Å². The third-order valence-electron chi connectivity index (χ3n) is 4.65. The standard InChI is InChI=1S/C16H7ClF16N2O4/c1-39-7-4-5(35(37)38)2-3-6(7)34-8(36)9(18,19)10(20,21)11(22,23)12(24,25)13(26,27)14(28,29)15(30,31)16(17,32)33/h2-4H,1H3,(H,34,36). The summed E-state index contributed by atoms with van der Waals surface area (Å²) in [5.74, 6) is -62.6. The second-order valence-electron chi connectivity index (χ2n) is 7.11. The van der Waals surface area contributed by atoms with Gasteiger partial charge < -0.3 is 10.1 Å². The first kappa shape index (κ1) is 34.1. The molecule has 0 saturated heterocycles. The predicted molar refractivity (Wildman–Crippen MR) is 93.7 cm³/mol. The molecule has 1 rings (SSSR count). The number of nitrogens with one attached hydrogen (secondary N) is 1. The van der Waals surface area contributed by atoms with Crippen molar-refractivity contribution in [1.29, 1.82) is 0 Å². The van der Waals surface area contributed by atoms with E-state index in [-0.39, 0.29) is 6.07 Å². The first-order valence-corrected chi connectivity index (χ1v) is 9.23. The second kappa shape index (κ2) is 9.61. The maximum absolute atomic E-state index is 14.0. The van der Waals surface area contributed by atoms with Crippen molar-refractivity contribution >= 4 is 28.9 Å². The van der Waals surface area contributed by atoms with Crippen LogP contribution in [0.25, 0.3) is 0 Å². The zero-order valence-electron chi connectivity index (χ0n) is 17.7. The van der Waals surface area contributed by atoms with Crippen LogP contribution in [0.3, 0.4) is 0 Å². The molecule has 0 saturated carbocycles. The molecule has 39 heavy (non-hydrogen) atoms. The maximum atomic E-state index is 14.0. The number of hydrogen-bond acceptors (Lipinski definition) is 4. The Morgan fingerprint density at radius 2 is 1.15 bits per heavy atom. The van der Waals surface area contributed by atoms with Gasteiger partial charge in [0.05, 0.1) is 23.8 Å². The highest BCUT2D eigenvalue weighted by atomic mass is 35.5. The molecule has 1 N–H and O–H groups in total. The summed E-state index contributed by atoms with van der Waals surface area (Å²) in [6.07, 6.45) is 0. The number of anilines is 1. The van der Waals surface area contributed by atoms with Crippen LogP contribution < -0.4 is 10.1 Å². The number of rotatable bonds is 11. The van der Waals surface area contributed by atoms with Crippen molar-refractivity contribution in [1.82, 2.24) is 0 Å². The number of amides is 1. The summed E-state index contributed by atoms with van der Waals surface area (Å²) < 4.78 is 220. The second-order valence-corrected chi connectivity index (χ2v) is 7.59. The third kappa shape index (κ3) is 4.83. The van der Waals surface area contributed by atoms with Crippen LogP contribution >= 0.6 is 11.6 Å². The van der Waals surface area contributed by atoms with Crippen molar-refractivity contribution in [3.05, 3.63) is 28.3 Å². The third-order valence-corrected chi connectivity index (χ3v) is 4.89. The Labute approximate surface area is 208 Å². The van der Waals surface area contributed by atoms with Gasteiger partial charge in [-0.25, -0.2) is 0 Å². The Morgan fingerprint density at radius 1 is 0.769 bits per heavy atom. The summed E-state index contributed by atoms with van der Waals surface area (Å²) in [7, 11) is 0.610. The van der Waals surface area contributed by atoms with Crippen LogP contribution in [0.1, 0.15) is 0 Å². The Morgan fingerprint density at radius 3 is 1.51 bits per heavy atom. The van der Waals surface area contributed by atoms with Gasteiger partial charge in [0.2, 0.25) is 0 Å². The van der Waals surface area contributed by atoms with Gasteiger partial charge in [0, 0.05) is 6.07 Å². The zero-order chi connectivity index (χ0) is 31.4. The first-order chi connectivity index (χ1) is 17.0. The molecule has 1 aromatic carbocycles. The average Bonchev–Trinajstić information content (AvgIpc) is 2.77.